The lowest BCUT2D eigenvalue weighted by Gasteiger charge is -2.40. The molecule has 1 aliphatic rings. The van der Waals surface area contributed by atoms with Gasteiger partial charge < -0.3 is 39.0 Å². The normalized spacial score (nSPS) is 17.7. The Morgan fingerprint density at radius 2 is 0.704 bits per heavy atom. The van der Waals surface area contributed by atoms with Crippen LogP contribution in [0.15, 0.2) is 12.2 Å². The molecule has 0 aromatic rings. The van der Waals surface area contributed by atoms with E-state index in [9.17, 15) is 34.5 Å². The molecule has 1 fully saturated rings. The van der Waals surface area contributed by atoms with Crippen molar-refractivity contribution >= 4 is 23.9 Å². The van der Waals surface area contributed by atoms with E-state index in [4.69, 9.17) is 23.7 Å². The van der Waals surface area contributed by atoms with Gasteiger partial charge >= 0.3 is 23.9 Å². The number of aliphatic hydroxyl groups is 2. The molecule has 0 radical (unpaired) electrons. The predicted octanol–water partition coefficient (Wildman–Crippen LogP) is 18.8. The van der Waals surface area contributed by atoms with Crippen molar-refractivity contribution < 1.29 is 58.2 Å². The van der Waals surface area contributed by atoms with E-state index in [1.807, 2.05) is 0 Å². The van der Waals surface area contributed by atoms with Crippen LogP contribution in [-0.2, 0) is 42.9 Å². The molecule has 12 nitrogen and oxygen atoms in total. The molecule has 0 aliphatic carbocycles. The van der Waals surface area contributed by atoms with Gasteiger partial charge in [-0.2, -0.15) is 0 Å². The predicted molar refractivity (Wildman–Crippen MR) is 331 cm³/mol. The molecular formula is C69H128O12. The van der Waals surface area contributed by atoms with Crippen molar-refractivity contribution in [1.82, 2.24) is 0 Å². The minimum Gasteiger partial charge on any atom is -0.479 e. The van der Waals surface area contributed by atoms with E-state index in [0.717, 1.165) is 70.6 Å². The van der Waals surface area contributed by atoms with E-state index < -0.39 is 67.3 Å². The highest BCUT2D eigenvalue weighted by atomic mass is 16.7. The molecule has 12 heteroatoms. The topological polar surface area (TPSA) is 175 Å². The fourth-order valence-electron chi connectivity index (χ4n) is 11.0. The second-order valence-corrected chi connectivity index (χ2v) is 24.2. The SMILES string of the molecule is CCCCCCCC/C=C\CCCCCCCCCCCC(=O)OC1C(OCC(COC(=O)CCCCCCCCCCCCCCCCCCC)OC(=O)CCCCCCCCCCCCCCCCC)OC(C(=O)O)C(O)C1O. The van der Waals surface area contributed by atoms with Crippen LogP contribution < -0.4 is 0 Å². The smallest absolute Gasteiger partial charge is 0.335 e. The molecule has 0 spiro atoms. The number of hydrogen-bond donors (Lipinski definition) is 3. The largest absolute Gasteiger partial charge is 0.479 e. The lowest BCUT2D eigenvalue weighted by Crippen LogP contribution is -2.61. The van der Waals surface area contributed by atoms with Gasteiger partial charge in [-0.15, -0.1) is 0 Å². The fraction of sp³-hybridized carbons (Fsp3) is 0.913. The Morgan fingerprint density at radius 1 is 0.395 bits per heavy atom. The highest BCUT2D eigenvalue weighted by Gasteiger charge is 2.50. The van der Waals surface area contributed by atoms with Crippen LogP contribution in [0.3, 0.4) is 0 Å². The van der Waals surface area contributed by atoms with E-state index >= 15 is 0 Å². The zero-order valence-electron chi connectivity index (χ0n) is 52.8. The summed E-state index contributed by atoms with van der Waals surface area (Å²) in [5, 5.41) is 31.6. The van der Waals surface area contributed by atoms with Gasteiger partial charge in [0.1, 0.15) is 18.8 Å². The second-order valence-electron chi connectivity index (χ2n) is 24.2. The summed E-state index contributed by atoms with van der Waals surface area (Å²) in [6.07, 6.45) is 54.5. The molecule has 1 saturated heterocycles. The van der Waals surface area contributed by atoms with Gasteiger partial charge in [0, 0.05) is 19.3 Å². The number of carboxylic acids is 1. The third kappa shape index (κ3) is 47.4. The zero-order valence-corrected chi connectivity index (χ0v) is 52.8. The minimum absolute atomic E-state index is 0.0652. The van der Waals surface area contributed by atoms with Gasteiger partial charge in [0.2, 0.25) is 0 Å². The number of carbonyl (C=O) groups is 4. The molecule has 81 heavy (non-hydrogen) atoms. The number of esters is 3. The number of ether oxygens (including phenoxy) is 5. The Bertz CT molecular complexity index is 1460. The average molecular weight is 1150 g/mol. The molecular weight excluding hydrogens is 1020 g/mol. The Balaban J connectivity index is 2.61. The molecule has 0 aromatic heterocycles. The molecule has 0 aromatic carbocycles. The number of unbranched alkanes of at least 4 members (excludes halogenated alkanes) is 45. The van der Waals surface area contributed by atoms with Gasteiger partial charge in [-0.25, -0.2) is 4.79 Å². The second kappa shape index (κ2) is 57.9. The standard InChI is InChI=1S/C69H128O12/c1-4-7-10-13-16-19-22-25-28-30-31-33-36-39-42-45-48-51-54-57-63(72)80-67-65(74)64(73)66(68(75)76)81-69(67)78-59-60(79-62(71)56-53-50-47-44-41-38-34-27-24-21-18-15-12-9-6-3)58-77-61(70)55-52-49-46-43-40-37-35-32-29-26-23-20-17-14-11-8-5-2/h25,28,60,64-67,69,73-74H,4-24,26-27,29-59H2,1-3H3,(H,75,76)/b28-25-. The number of carbonyl (C=O) groups excluding carboxylic acids is 3. The van der Waals surface area contributed by atoms with Gasteiger partial charge in [0.05, 0.1) is 6.61 Å². The molecule has 0 bridgehead atoms. The van der Waals surface area contributed by atoms with Gasteiger partial charge in [-0.05, 0) is 44.9 Å². The van der Waals surface area contributed by atoms with E-state index in [2.05, 4.69) is 32.9 Å². The summed E-state index contributed by atoms with van der Waals surface area (Å²) >= 11 is 0. The lowest BCUT2D eigenvalue weighted by molar-refractivity contribution is -0.301. The highest BCUT2D eigenvalue weighted by molar-refractivity contribution is 5.74. The first kappa shape index (κ1) is 76.5. The molecule has 1 rings (SSSR count). The van der Waals surface area contributed by atoms with E-state index in [0.29, 0.717) is 19.3 Å². The Kier molecular flexibility index (Phi) is 54.6. The van der Waals surface area contributed by atoms with Crippen molar-refractivity contribution in [3.05, 3.63) is 12.2 Å². The van der Waals surface area contributed by atoms with E-state index in [-0.39, 0.29) is 25.9 Å². The van der Waals surface area contributed by atoms with Crippen LogP contribution in [0.2, 0.25) is 0 Å². The summed E-state index contributed by atoms with van der Waals surface area (Å²) in [6, 6.07) is 0. The average Bonchev–Trinajstić information content (AvgIpc) is 3.54. The van der Waals surface area contributed by atoms with Crippen LogP contribution in [0.1, 0.15) is 355 Å². The molecule has 1 aliphatic heterocycles. The van der Waals surface area contributed by atoms with E-state index in [1.165, 1.54) is 225 Å². The van der Waals surface area contributed by atoms with Crippen LogP contribution in [-0.4, -0.2) is 89.2 Å². The lowest BCUT2D eigenvalue weighted by atomic mass is 9.98. The van der Waals surface area contributed by atoms with Gasteiger partial charge in [-0.3, -0.25) is 14.4 Å². The fourth-order valence-corrected chi connectivity index (χ4v) is 11.0. The number of allylic oxidation sites excluding steroid dienone is 2. The minimum atomic E-state index is -1.90. The van der Waals surface area contributed by atoms with Crippen molar-refractivity contribution in [3.63, 3.8) is 0 Å². The molecule has 6 unspecified atom stereocenters. The van der Waals surface area contributed by atoms with Crippen LogP contribution in [0.5, 0.6) is 0 Å². The van der Waals surface area contributed by atoms with E-state index in [1.54, 1.807) is 0 Å². The maximum Gasteiger partial charge on any atom is 0.335 e. The quantitative estimate of drug-likeness (QED) is 0.0228. The van der Waals surface area contributed by atoms with Crippen LogP contribution in [0, 0.1) is 0 Å². The number of aliphatic carboxylic acids is 1. The zero-order chi connectivity index (χ0) is 58.9. The molecule has 6 atom stereocenters. The van der Waals surface area contributed by atoms with Crippen molar-refractivity contribution in [3.8, 4) is 0 Å². The van der Waals surface area contributed by atoms with Crippen molar-refractivity contribution in [2.45, 2.75) is 391 Å². The third-order valence-corrected chi connectivity index (χ3v) is 16.3. The molecule has 1 heterocycles. The van der Waals surface area contributed by atoms with Crippen LogP contribution in [0.25, 0.3) is 0 Å². The summed E-state index contributed by atoms with van der Waals surface area (Å²) in [5.74, 6) is -3.07. The molecule has 476 valence electrons. The first-order valence-corrected chi connectivity index (χ1v) is 34.7. The number of rotatable bonds is 61. The third-order valence-electron chi connectivity index (χ3n) is 16.3. The number of hydrogen-bond acceptors (Lipinski definition) is 11. The van der Waals surface area contributed by atoms with Gasteiger partial charge in [0.25, 0.3) is 0 Å². The Morgan fingerprint density at radius 3 is 1.05 bits per heavy atom. The van der Waals surface area contributed by atoms with Crippen molar-refractivity contribution in [1.29, 1.82) is 0 Å². The summed E-state index contributed by atoms with van der Waals surface area (Å²) in [5.41, 5.74) is 0. The maximum absolute atomic E-state index is 13.2. The summed E-state index contributed by atoms with van der Waals surface area (Å²) in [6.45, 7) is 6.07. The number of aliphatic hydroxyl groups excluding tert-OH is 2. The molecule has 3 N–H and O–H groups in total. The van der Waals surface area contributed by atoms with Crippen molar-refractivity contribution in [2.24, 2.45) is 0 Å². The van der Waals surface area contributed by atoms with Crippen LogP contribution >= 0.6 is 0 Å². The molecule has 0 amide bonds. The first-order valence-electron chi connectivity index (χ1n) is 34.7. The Hall–Kier alpha value is -2.54. The van der Waals surface area contributed by atoms with Crippen LogP contribution in [0.4, 0.5) is 0 Å². The summed E-state index contributed by atoms with van der Waals surface area (Å²) < 4.78 is 28.6. The number of carboxylic acid groups (broad SMARTS) is 1. The highest BCUT2D eigenvalue weighted by Crippen LogP contribution is 2.27. The van der Waals surface area contributed by atoms with Gasteiger partial charge in [-0.1, -0.05) is 303 Å². The summed E-state index contributed by atoms with van der Waals surface area (Å²) in [4.78, 5) is 51.4. The molecule has 0 saturated carbocycles. The van der Waals surface area contributed by atoms with Crippen molar-refractivity contribution in [2.75, 3.05) is 13.2 Å². The summed E-state index contributed by atoms with van der Waals surface area (Å²) in [7, 11) is 0. The Labute approximate surface area is 496 Å². The first-order chi connectivity index (χ1) is 39.6. The van der Waals surface area contributed by atoms with Gasteiger partial charge in [0.15, 0.2) is 24.6 Å². The monoisotopic (exact) mass is 1150 g/mol. The maximum atomic E-state index is 13.2.